The molecular weight excluding hydrogens is 202 g/mol. The van der Waals surface area contributed by atoms with Crippen LogP contribution in [0, 0.1) is 12.8 Å². The summed E-state index contributed by atoms with van der Waals surface area (Å²) in [5, 5.41) is 7.77. The second-order valence-electron chi connectivity index (χ2n) is 4.62. The van der Waals surface area contributed by atoms with Gasteiger partial charge in [-0.1, -0.05) is 0 Å². The van der Waals surface area contributed by atoms with Crippen LogP contribution in [0.3, 0.4) is 0 Å². The SMILES string of the molecule is CNC1CCOCC1Cc1cc(C)nn1C. The highest BCUT2D eigenvalue weighted by Gasteiger charge is 2.25. The summed E-state index contributed by atoms with van der Waals surface area (Å²) in [5.41, 5.74) is 2.39. The molecule has 0 aliphatic carbocycles. The summed E-state index contributed by atoms with van der Waals surface area (Å²) in [6.07, 6.45) is 2.15. The first-order valence-electron chi connectivity index (χ1n) is 5.95. The van der Waals surface area contributed by atoms with Crippen LogP contribution in [0.1, 0.15) is 17.8 Å². The van der Waals surface area contributed by atoms with Crippen LogP contribution in [0.15, 0.2) is 6.07 Å². The van der Waals surface area contributed by atoms with E-state index in [1.54, 1.807) is 0 Å². The molecule has 4 heteroatoms. The van der Waals surface area contributed by atoms with E-state index in [2.05, 4.69) is 16.5 Å². The molecule has 1 aliphatic heterocycles. The molecule has 1 aromatic heterocycles. The molecule has 1 saturated heterocycles. The van der Waals surface area contributed by atoms with E-state index in [0.717, 1.165) is 31.7 Å². The zero-order valence-corrected chi connectivity index (χ0v) is 10.4. The van der Waals surface area contributed by atoms with Gasteiger partial charge in [-0.3, -0.25) is 4.68 Å². The van der Waals surface area contributed by atoms with Crippen LogP contribution in [0.2, 0.25) is 0 Å². The quantitative estimate of drug-likeness (QED) is 0.827. The summed E-state index contributed by atoms with van der Waals surface area (Å²) < 4.78 is 7.55. The topological polar surface area (TPSA) is 39.1 Å². The van der Waals surface area contributed by atoms with Gasteiger partial charge in [0, 0.05) is 31.3 Å². The summed E-state index contributed by atoms with van der Waals surface area (Å²) in [6.45, 7) is 3.78. The summed E-state index contributed by atoms with van der Waals surface area (Å²) in [7, 11) is 4.05. The standard InChI is InChI=1S/C12H21N3O/c1-9-6-11(15(3)14-9)7-10-8-16-5-4-12(10)13-2/h6,10,12-13H,4-5,7-8H2,1-3H3. The van der Waals surface area contributed by atoms with Crippen molar-refractivity contribution >= 4 is 0 Å². The largest absolute Gasteiger partial charge is 0.381 e. The third-order valence-electron chi connectivity index (χ3n) is 3.42. The highest BCUT2D eigenvalue weighted by atomic mass is 16.5. The summed E-state index contributed by atoms with van der Waals surface area (Å²) in [5.74, 6) is 0.563. The first kappa shape index (κ1) is 11.6. The molecule has 90 valence electrons. The monoisotopic (exact) mass is 223 g/mol. The van der Waals surface area contributed by atoms with Gasteiger partial charge in [0.2, 0.25) is 0 Å². The second-order valence-corrected chi connectivity index (χ2v) is 4.62. The number of hydrogen-bond donors (Lipinski definition) is 1. The van der Waals surface area contributed by atoms with E-state index in [-0.39, 0.29) is 0 Å². The van der Waals surface area contributed by atoms with Crippen molar-refractivity contribution < 1.29 is 4.74 Å². The van der Waals surface area contributed by atoms with Gasteiger partial charge in [-0.2, -0.15) is 5.10 Å². The predicted molar refractivity (Wildman–Crippen MR) is 63.4 cm³/mol. The first-order chi connectivity index (χ1) is 7.70. The Hall–Kier alpha value is -0.870. The van der Waals surface area contributed by atoms with E-state index in [9.17, 15) is 0 Å². The number of hydrogen-bond acceptors (Lipinski definition) is 3. The third-order valence-corrected chi connectivity index (χ3v) is 3.42. The fourth-order valence-corrected chi connectivity index (χ4v) is 2.50. The maximum atomic E-state index is 5.56. The Morgan fingerprint density at radius 1 is 1.62 bits per heavy atom. The lowest BCUT2D eigenvalue weighted by Crippen LogP contribution is -2.42. The van der Waals surface area contributed by atoms with E-state index < -0.39 is 0 Å². The van der Waals surface area contributed by atoms with Crippen molar-refractivity contribution in [2.45, 2.75) is 25.8 Å². The van der Waals surface area contributed by atoms with E-state index in [0.29, 0.717) is 12.0 Å². The van der Waals surface area contributed by atoms with Gasteiger partial charge in [0.15, 0.2) is 0 Å². The molecule has 2 unspecified atom stereocenters. The molecule has 0 bridgehead atoms. The van der Waals surface area contributed by atoms with E-state index >= 15 is 0 Å². The molecule has 0 aromatic carbocycles. The van der Waals surface area contributed by atoms with Gasteiger partial charge in [-0.05, 0) is 32.9 Å². The van der Waals surface area contributed by atoms with Crippen molar-refractivity contribution in [1.82, 2.24) is 15.1 Å². The Balaban J connectivity index is 2.04. The minimum atomic E-state index is 0.563. The Labute approximate surface area is 97.0 Å². The molecule has 1 aliphatic rings. The lowest BCUT2D eigenvalue weighted by atomic mass is 9.91. The lowest BCUT2D eigenvalue weighted by Gasteiger charge is -2.31. The summed E-state index contributed by atoms with van der Waals surface area (Å²) in [6, 6.07) is 2.74. The summed E-state index contributed by atoms with van der Waals surface area (Å²) >= 11 is 0. The Kier molecular flexibility index (Phi) is 3.61. The molecule has 2 rings (SSSR count). The number of aryl methyl sites for hydroxylation is 2. The molecule has 1 fully saturated rings. The zero-order valence-electron chi connectivity index (χ0n) is 10.4. The second kappa shape index (κ2) is 4.97. The molecular formula is C12H21N3O. The molecule has 4 nitrogen and oxygen atoms in total. The van der Waals surface area contributed by atoms with Crippen molar-refractivity contribution in [2.75, 3.05) is 20.3 Å². The van der Waals surface area contributed by atoms with E-state index in [1.807, 2.05) is 25.7 Å². The van der Waals surface area contributed by atoms with Crippen molar-refractivity contribution in [3.8, 4) is 0 Å². The molecule has 16 heavy (non-hydrogen) atoms. The number of rotatable bonds is 3. The summed E-state index contributed by atoms with van der Waals surface area (Å²) in [4.78, 5) is 0. The Morgan fingerprint density at radius 3 is 3.06 bits per heavy atom. The molecule has 1 aromatic rings. The van der Waals surface area contributed by atoms with Gasteiger partial charge in [0.05, 0.1) is 12.3 Å². The predicted octanol–water partition coefficient (Wildman–Crippen LogP) is 0.896. The average Bonchev–Trinajstić information content (AvgIpc) is 2.58. The Bertz CT molecular complexity index is 348. The van der Waals surface area contributed by atoms with Crippen molar-refractivity contribution in [1.29, 1.82) is 0 Å². The first-order valence-corrected chi connectivity index (χ1v) is 5.95. The van der Waals surface area contributed by atoms with Crippen molar-refractivity contribution in [3.63, 3.8) is 0 Å². The molecule has 1 N–H and O–H groups in total. The fraction of sp³-hybridized carbons (Fsp3) is 0.750. The molecule has 0 spiro atoms. The fourth-order valence-electron chi connectivity index (χ4n) is 2.50. The number of nitrogens with zero attached hydrogens (tertiary/aromatic N) is 2. The maximum absolute atomic E-state index is 5.56. The van der Waals surface area contributed by atoms with Gasteiger partial charge < -0.3 is 10.1 Å². The van der Waals surface area contributed by atoms with Crippen LogP contribution in [0.25, 0.3) is 0 Å². The Morgan fingerprint density at radius 2 is 2.44 bits per heavy atom. The number of nitrogens with one attached hydrogen (secondary N) is 1. The maximum Gasteiger partial charge on any atom is 0.0596 e. The van der Waals surface area contributed by atoms with Gasteiger partial charge in [-0.25, -0.2) is 0 Å². The van der Waals surface area contributed by atoms with Crippen LogP contribution < -0.4 is 5.32 Å². The van der Waals surface area contributed by atoms with Gasteiger partial charge in [0.1, 0.15) is 0 Å². The number of ether oxygens (including phenoxy) is 1. The highest BCUT2D eigenvalue weighted by molar-refractivity contribution is 5.10. The lowest BCUT2D eigenvalue weighted by molar-refractivity contribution is 0.0335. The van der Waals surface area contributed by atoms with Gasteiger partial charge in [-0.15, -0.1) is 0 Å². The van der Waals surface area contributed by atoms with Crippen LogP contribution in [-0.2, 0) is 18.2 Å². The minimum absolute atomic E-state index is 0.563. The highest BCUT2D eigenvalue weighted by Crippen LogP contribution is 2.19. The smallest absolute Gasteiger partial charge is 0.0596 e. The third kappa shape index (κ3) is 2.44. The molecule has 2 heterocycles. The molecule has 0 saturated carbocycles. The van der Waals surface area contributed by atoms with Crippen LogP contribution in [0.5, 0.6) is 0 Å². The normalized spacial score (nSPS) is 25.9. The number of aromatic nitrogens is 2. The van der Waals surface area contributed by atoms with Gasteiger partial charge >= 0.3 is 0 Å². The van der Waals surface area contributed by atoms with Crippen molar-refractivity contribution in [2.24, 2.45) is 13.0 Å². The molecule has 0 radical (unpaired) electrons. The minimum Gasteiger partial charge on any atom is -0.381 e. The van der Waals surface area contributed by atoms with Crippen LogP contribution in [-0.4, -0.2) is 36.1 Å². The van der Waals surface area contributed by atoms with Crippen LogP contribution >= 0.6 is 0 Å². The van der Waals surface area contributed by atoms with E-state index in [4.69, 9.17) is 4.74 Å². The molecule has 0 amide bonds. The zero-order chi connectivity index (χ0) is 11.5. The van der Waals surface area contributed by atoms with Crippen LogP contribution in [0.4, 0.5) is 0 Å². The van der Waals surface area contributed by atoms with Crippen molar-refractivity contribution in [3.05, 3.63) is 17.5 Å². The van der Waals surface area contributed by atoms with E-state index in [1.165, 1.54) is 5.69 Å². The van der Waals surface area contributed by atoms with Gasteiger partial charge in [0.25, 0.3) is 0 Å². The molecule has 2 atom stereocenters. The average molecular weight is 223 g/mol.